The maximum Gasteiger partial charge on any atom is 0.319 e. The Morgan fingerprint density at radius 1 is 1.03 bits per heavy atom. The van der Waals surface area contributed by atoms with Crippen LogP contribution in [0.1, 0.15) is 30.4 Å². The van der Waals surface area contributed by atoms with Crippen LogP contribution in [0.4, 0.5) is 16.2 Å². The Kier molecular flexibility index (Phi) is 6.84. The zero-order valence-corrected chi connectivity index (χ0v) is 16.2. The maximum absolute atomic E-state index is 12.8. The highest BCUT2D eigenvalue weighted by Crippen LogP contribution is 2.27. The number of amides is 3. The Balaban J connectivity index is 1.51. The number of carbonyl (C=O) groups is 3. The van der Waals surface area contributed by atoms with Gasteiger partial charge in [-0.3, -0.25) is 9.59 Å². The molecule has 0 atom stereocenters. The lowest BCUT2D eigenvalue weighted by atomic mass is 10.0. The van der Waals surface area contributed by atoms with Gasteiger partial charge in [-0.15, -0.1) is 0 Å². The number of benzene rings is 2. The van der Waals surface area contributed by atoms with Crippen LogP contribution in [0.15, 0.2) is 48.5 Å². The van der Waals surface area contributed by atoms with Crippen molar-refractivity contribution in [2.75, 3.05) is 23.3 Å². The Bertz CT molecular complexity index is 880. The Morgan fingerprint density at radius 3 is 2.55 bits per heavy atom. The van der Waals surface area contributed by atoms with Gasteiger partial charge in [0.05, 0.1) is 6.42 Å². The van der Waals surface area contributed by atoms with E-state index in [9.17, 15) is 14.4 Å². The van der Waals surface area contributed by atoms with Crippen molar-refractivity contribution in [3.05, 3.63) is 59.7 Å². The van der Waals surface area contributed by atoms with Gasteiger partial charge in [-0.05, 0) is 48.6 Å². The summed E-state index contributed by atoms with van der Waals surface area (Å²) in [5.74, 6) is -0.820. The molecule has 152 valence electrons. The summed E-state index contributed by atoms with van der Waals surface area (Å²) in [6.45, 7) is 1.03. The van der Waals surface area contributed by atoms with E-state index >= 15 is 0 Å². The molecule has 3 amide bonds. The molecule has 29 heavy (non-hydrogen) atoms. The van der Waals surface area contributed by atoms with Crippen LogP contribution in [0.5, 0.6) is 0 Å². The molecule has 1 aliphatic rings. The van der Waals surface area contributed by atoms with Gasteiger partial charge in [-0.1, -0.05) is 30.3 Å². The van der Waals surface area contributed by atoms with E-state index in [2.05, 4.69) is 16.7 Å². The lowest BCUT2D eigenvalue weighted by Crippen LogP contribution is -2.36. The monoisotopic (exact) mass is 395 g/mol. The SMILES string of the molecule is O=C(O)CCCNC(=O)Nc1ccc(CC(=O)N2CCCc3ccccc32)cc1. The molecule has 0 radical (unpaired) electrons. The molecule has 3 rings (SSSR count). The second-order valence-electron chi connectivity index (χ2n) is 7.03. The van der Waals surface area contributed by atoms with Crippen molar-refractivity contribution in [1.29, 1.82) is 0 Å². The second kappa shape index (κ2) is 9.73. The van der Waals surface area contributed by atoms with Gasteiger partial charge in [0, 0.05) is 30.9 Å². The standard InChI is InChI=1S/C22H25N3O4/c26-20(25-14-4-6-17-5-1-2-7-19(17)25)15-16-9-11-18(12-10-16)24-22(29)23-13-3-8-21(27)28/h1-2,5,7,9-12H,3-4,6,8,13-15H2,(H,27,28)(H2,23,24,29). The van der Waals surface area contributed by atoms with E-state index in [1.165, 1.54) is 5.56 Å². The summed E-state index contributed by atoms with van der Waals surface area (Å²) in [5.41, 5.74) is 3.70. The number of hydrogen-bond acceptors (Lipinski definition) is 3. The molecule has 1 heterocycles. The minimum absolute atomic E-state index is 0.0184. The first-order chi connectivity index (χ1) is 14.0. The molecule has 2 aromatic rings. The Morgan fingerprint density at radius 2 is 1.79 bits per heavy atom. The number of rotatable bonds is 7. The summed E-state index contributed by atoms with van der Waals surface area (Å²) in [7, 11) is 0. The zero-order valence-electron chi connectivity index (χ0n) is 16.2. The quantitative estimate of drug-likeness (QED) is 0.627. The highest BCUT2D eigenvalue weighted by Gasteiger charge is 2.22. The average Bonchev–Trinajstić information content (AvgIpc) is 2.72. The molecular formula is C22H25N3O4. The molecule has 3 N–H and O–H groups in total. The van der Waals surface area contributed by atoms with Gasteiger partial charge in [0.15, 0.2) is 0 Å². The fourth-order valence-corrected chi connectivity index (χ4v) is 3.39. The normalized spacial score (nSPS) is 12.8. The van der Waals surface area contributed by atoms with E-state index < -0.39 is 5.97 Å². The number of nitrogens with zero attached hydrogens (tertiary/aromatic N) is 1. The third-order valence-electron chi connectivity index (χ3n) is 4.83. The molecule has 0 unspecified atom stereocenters. The van der Waals surface area contributed by atoms with Crippen molar-refractivity contribution in [2.24, 2.45) is 0 Å². The number of para-hydroxylation sites is 1. The summed E-state index contributed by atoms with van der Waals surface area (Å²) in [6, 6.07) is 14.8. The van der Waals surface area contributed by atoms with Gasteiger partial charge < -0.3 is 20.6 Å². The van der Waals surface area contributed by atoms with E-state index in [-0.39, 0.29) is 18.4 Å². The molecule has 7 heteroatoms. The number of carbonyl (C=O) groups excluding carboxylic acids is 2. The molecule has 0 aliphatic carbocycles. The molecule has 7 nitrogen and oxygen atoms in total. The van der Waals surface area contributed by atoms with Gasteiger partial charge >= 0.3 is 12.0 Å². The van der Waals surface area contributed by atoms with Crippen molar-refractivity contribution in [3.63, 3.8) is 0 Å². The first-order valence-corrected chi connectivity index (χ1v) is 9.77. The van der Waals surface area contributed by atoms with Crippen LogP contribution in [-0.2, 0) is 22.4 Å². The number of hydrogen-bond donors (Lipinski definition) is 3. The van der Waals surface area contributed by atoms with Crippen LogP contribution in [0.3, 0.4) is 0 Å². The van der Waals surface area contributed by atoms with E-state index in [1.54, 1.807) is 12.1 Å². The van der Waals surface area contributed by atoms with E-state index in [4.69, 9.17) is 5.11 Å². The first-order valence-electron chi connectivity index (χ1n) is 9.77. The predicted molar refractivity (Wildman–Crippen MR) is 111 cm³/mol. The minimum atomic E-state index is -0.884. The van der Waals surface area contributed by atoms with Gasteiger partial charge in [-0.2, -0.15) is 0 Å². The third-order valence-corrected chi connectivity index (χ3v) is 4.83. The fraction of sp³-hybridized carbons (Fsp3) is 0.318. The Labute approximate surface area is 169 Å². The number of urea groups is 1. The van der Waals surface area contributed by atoms with Crippen molar-refractivity contribution in [1.82, 2.24) is 5.32 Å². The summed E-state index contributed by atoms with van der Waals surface area (Å²) in [6.07, 6.45) is 2.66. The van der Waals surface area contributed by atoms with Crippen molar-refractivity contribution >= 4 is 29.3 Å². The van der Waals surface area contributed by atoms with Crippen LogP contribution >= 0.6 is 0 Å². The van der Waals surface area contributed by atoms with Crippen LogP contribution < -0.4 is 15.5 Å². The highest BCUT2D eigenvalue weighted by molar-refractivity contribution is 5.96. The van der Waals surface area contributed by atoms with E-state index in [1.807, 2.05) is 35.2 Å². The number of fused-ring (bicyclic) bond motifs is 1. The largest absolute Gasteiger partial charge is 0.481 e. The van der Waals surface area contributed by atoms with Gasteiger partial charge in [0.1, 0.15) is 0 Å². The minimum Gasteiger partial charge on any atom is -0.481 e. The molecule has 0 bridgehead atoms. The zero-order chi connectivity index (χ0) is 20.6. The van der Waals surface area contributed by atoms with Crippen LogP contribution in [-0.4, -0.2) is 36.1 Å². The number of anilines is 2. The molecule has 0 saturated heterocycles. The van der Waals surface area contributed by atoms with E-state index in [0.717, 1.165) is 30.6 Å². The molecule has 0 fully saturated rings. The second-order valence-corrected chi connectivity index (χ2v) is 7.03. The van der Waals surface area contributed by atoms with E-state index in [0.29, 0.717) is 25.1 Å². The van der Waals surface area contributed by atoms with Crippen molar-refractivity contribution in [3.8, 4) is 0 Å². The number of aryl methyl sites for hydroxylation is 1. The number of nitrogens with one attached hydrogen (secondary N) is 2. The van der Waals surface area contributed by atoms with Crippen LogP contribution in [0.2, 0.25) is 0 Å². The topological polar surface area (TPSA) is 98.7 Å². The van der Waals surface area contributed by atoms with Crippen molar-refractivity contribution < 1.29 is 19.5 Å². The van der Waals surface area contributed by atoms with Crippen LogP contribution in [0.25, 0.3) is 0 Å². The number of carboxylic acids is 1. The van der Waals surface area contributed by atoms with Gasteiger partial charge in [0.2, 0.25) is 5.91 Å². The molecule has 0 spiro atoms. The third kappa shape index (κ3) is 5.81. The van der Waals surface area contributed by atoms with Crippen LogP contribution in [0, 0.1) is 0 Å². The highest BCUT2D eigenvalue weighted by atomic mass is 16.4. The van der Waals surface area contributed by atoms with Gasteiger partial charge in [-0.25, -0.2) is 4.79 Å². The number of carboxylic acid groups (broad SMARTS) is 1. The van der Waals surface area contributed by atoms with Gasteiger partial charge in [0.25, 0.3) is 0 Å². The smallest absolute Gasteiger partial charge is 0.319 e. The first kappa shape index (κ1) is 20.4. The summed E-state index contributed by atoms with van der Waals surface area (Å²) in [5, 5.41) is 13.9. The molecule has 0 saturated carbocycles. The molecular weight excluding hydrogens is 370 g/mol. The summed E-state index contributed by atoms with van der Waals surface area (Å²) in [4.78, 5) is 36.9. The molecule has 0 aromatic heterocycles. The molecule has 1 aliphatic heterocycles. The summed E-state index contributed by atoms with van der Waals surface area (Å²) >= 11 is 0. The average molecular weight is 395 g/mol. The molecule has 2 aromatic carbocycles. The Hall–Kier alpha value is -3.35. The lowest BCUT2D eigenvalue weighted by Gasteiger charge is -2.29. The van der Waals surface area contributed by atoms with Crippen molar-refractivity contribution in [2.45, 2.75) is 32.1 Å². The lowest BCUT2D eigenvalue weighted by molar-refractivity contribution is -0.137. The maximum atomic E-state index is 12.8. The number of aliphatic carboxylic acids is 1. The predicted octanol–water partition coefficient (Wildman–Crippen LogP) is 3.19. The summed E-state index contributed by atoms with van der Waals surface area (Å²) < 4.78 is 0. The fourth-order valence-electron chi connectivity index (χ4n) is 3.39.